The van der Waals surface area contributed by atoms with Crippen LogP contribution in [0.25, 0.3) is 28.1 Å². The molecule has 9 heteroatoms. The summed E-state index contributed by atoms with van der Waals surface area (Å²) >= 11 is 0. The van der Waals surface area contributed by atoms with Crippen LogP contribution in [0.15, 0.2) is 30.3 Å². The number of fused-ring (bicyclic) bond motifs is 2. The third kappa shape index (κ3) is 4.29. The van der Waals surface area contributed by atoms with Gasteiger partial charge in [0.15, 0.2) is 5.65 Å². The summed E-state index contributed by atoms with van der Waals surface area (Å²) in [5.41, 5.74) is 3.31. The van der Waals surface area contributed by atoms with Crippen LogP contribution >= 0.6 is 0 Å². The van der Waals surface area contributed by atoms with Crippen molar-refractivity contribution in [3.63, 3.8) is 0 Å². The molecule has 2 N–H and O–H groups in total. The SMILES string of the molecule is Cc1nc2ccc(F)cc2nc1-c1cc2nc(N3CCCC3)cc(N[C@H]3CC[C@](C)(O)CC3)n2n1. The fraction of sp³-hybridized carbons (Fsp3) is 0.462. The van der Waals surface area contributed by atoms with E-state index < -0.39 is 5.60 Å². The van der Waals surface area contributed by atoms with Crippen LogP contribution in [0.4, 0.5) is 16.0 Å². The molecular weight excluding hydrogens is 445 g/mol. The molecule has 4 aromatic rings. The number of halogens is 1. The Bertz CT molecular complexity index is 1400. The van der Waals surface area contributed by atoms with Crippen LogP contribution in [0.3, 0.4) is 0 Å². The molecule has 1 saturated heterocycles. The fourth-order valence-corrected chi connectivity index (χ4v) is 5.24. The zero-order chi connectivity index (χ0) is 24.2. The van der Waals surface area contributed by atoms with Gasteiger partial charge in [-0.25, -0.2) is 19.3 Å². The molecule has 1 aliphatic heterocycles. The summed E-state index contributed by atoms with van der Waals surface area (Å²) < 4.78 is 15.7. The first-order valence-corrected chi connectivity index (χ1v) is 12.4. The lowest BCUT2D eigenvalue weighted by Crippen LogP contribution is -2.36. The molecule has 6 rings (SSSR count). The summed E-state index contributed by atoms with van der Waals surface area (Å²) in [7, 11) is 0. The Morgan fingerprint density at radius 1 is 1.03 bits per heavy atom. The van der Waals surface area contributed by atoms with Crippen molar-refractivity contribution < 1.29 is 9.50 Å². The van der Waals surface area contributed by atoms with Gasteiger partial charge in [0.1, 0.15) is 28.8 Å². The second-order valence-electron chi connectivity index (χ2n) is 10.2. The maximum absolute atomic E-state index is 13.8. The number of benzene rings is 1. The van der Waals surface area contributed by atoms with Crippen molar-refractivity contribution >= 4 is 28.3 Å². The van der Waals surface area contributed by atoms with Gasteiger partial charge in [0.2, 0.25) is 0 Å². The number of aromatic nitrogens is 5. The van der Waals surface area contributed by atoms with Crippen molar-refractivity contribution in [3.05, 3.63) is 41.8 Å². The predicted octanol–water partition coefficient (Wildman–Crippen LogP) is 4.49. The van der Waals surface area contributed by atoms with Crippen molar-refractivity contribution in [1.29, 1.82) is 0 Å². The molecule has 0 spiro atoms. The zero-order valence-corrected chi connectivity index (χ0v) is 20.1. The molecular formula is C26H30FN7O. The highest BCUT2D eigenvalue weighted by molar-refractivity contribution is 5.78. The van der Waals surface area contributed by atoms with E-state index in [1.54, 1.807) is 6.07 Å². The number of aliphatic hydroxyl groups is 1. The average molecular weight is 476 g/mol. The molecule has 0 radical (unpaired) electrons. The van der Waals surface area contributed by atoms with Crippen LogP contribution in [0.1, 0.15) is 51.1 Å². The van der Waals surface area contributed by atoms with E-state index in [1.165, 1.54) is 25.0 Å². The Labute approximate surface area is 203 Å². The monoisotopic (exact) mass is 475 g/mol. The predicted molar refractivity (Wildman–Crippen MR) is 134 cm³/mol. The van der Waals surface area contributed by atoms with Crippen LogP contribution in [0.2, 0.25) is 0 Å². The number of nitrogens with one attached hydrogen (secondary N) is 1. The van der Waals surface area contributed by atoms with E-state index in [4.69, 9.17) is 15.1 Å². The summed E-state index contributed by atoms with van der Waals surface area (Å²) in [5, 5.41) is 18.9. The lowest BCUT2D eigenvalue weighted by Gasteiger charge is -2.34. The number of hydrogen-bond acceptors (Lipinski definition) is 7. The molecule has 1 aromatic carbocycles. The maximum Gasteiger partial charge on any atom is 0.160 e. The normalized spacial score (nSPS) is 22.9. The van der Waals surface area contributed by atoms with E-state index in [1.807, 2.05) is 24.4 Å². The third-order valence-electron chi connectivity index (χ3n) is 7.30. The van der Waals surface area contributed by atoms with E-state index in [2.05, 4.69) is 21.3 Å². The summed E-state index contributed by atoms with van der Waals surface area (Å²) in [5.74, 6) is 1.48. The van der Waals surface area contributed by atoms with E-state index in [-0.39, 0.29) is 11.9 Å². The zero-order valence-electron chi connectivity index (χ0n) is 20.1. The van der Waals surface area contributed by atoms with Gasteiger partial charge in [-0.05, 0) is 64.5 Å². The first-order chi connectivity index (χ1) is 16.8. The first kappa shape index (κ1) is 22.2. The van der Waals surface area contributed by atoms with Crippen LogP contribution < -0.4 is 10.2 Å². The molecule has 8 nitrogen and oxygen atoms in total. The molecule has 0 unspecified atom stereocenters. The van der Waals surface area contributed by atoms with Crippen molar-refractivity contribution in [3.8, 4) is 11.4 Å². The molecule has 35 heavy (non-hydrogen) atoms. The number of rotatable bonds is 4. The minimum Gasteiger partial charge on any atom is -0.390 e. The Hall–Kier alpha value is -3.33. The average Bonchev–Trinajstić information content (AvgIpc) is 3.50. The van der Waals surface area contributed by atoms with Gasteiger partial charge in [0.05, 0.1) is 22.3 Å². The van der Waals surface area contributed by atoms with Crippen LogP contribution in [-0.2, 0) is 0 Å². The van der Waals surface area contributed by atoms with E-state index in [0.717, 1.165) is 61.7 Å². The number of anilines is 2. The molecule has 2 aliphatic rings. The van der Waals surface area contributed by atoms with E-state index in [0.29, 0.717) is 22.4 Å². The Morgan fingerprint density at radius 3 is 2.57 bits per heavy atom. The van der Waals surface area contributed by atoms with Crippen molar-refractivity contribution in [2.24, 2.45) is 0 Å². The van der Waals surface area contributed by atoms with Gasteiger partial charge in [0, 0.05) is 37.3 Å². The summed E-state index contributed by atoms with van der Waals surface area (Å²) in [6.07, 6.45) is 5.66. The summed E-state index contributed by atoms with van der Waals surface area (Å²) in [4.78, 5) is 16.6. The highest BCUT2D eigenvalue weighted by atomic mass is 19.1. The van der Waals surface area contributed by atoms with Crippen LogP contribution in [-0.4, -0.2) is 54.4 Å². The Morgan fingerprint density at radius 2 is 1.80 bits per heavy atom. The minimum absolute atomic E-state index is 0.255. The molecule has 3 aromatic heterocycles. The molecule has 0 atom stereocenters. The molecule has 1 aliphatic carbocycles. The van der Waals surface area contributed by atoms with E-state index in [9.17, 15) is 9.50 Å². The molecule has 182 valence electrons. The summed E-state index contributed by atoms with van der Waals surface area (Å²) in [6.45, 7) is 5.80. The van der Waals surface area contributed by atoms with Gasteiger partial charge in [-0.2, -0.15) is 9.61 Å². The van der Waals surface area contributed by atoms with Crippen molar-refractivity contribution in [2.75, 3.05) is 23.3 Å². The summed E-state index contributed by atoms with van der Waals surface area (Å²) in [6, 6.07) is 8.70. The molecule has 4 heterocycles. The molecule has 2 fully saturated rings. The number of hydrogen-bond donors (Lipinski definition) is 2. The lowest BCUT2D eigenvalue weighted by molar-refractivity contribution is 0.0196. The molecule has 0 amide bonds. The second-order valence-corrected chi connectivity index (χ2v) is 10.2. The van der Waals surface area contributed by atoms with Crippen LogP contribution in [0.5, 0.6) is 0 Å². The van der Waals surface area contributed by atoms with Crippen LogP contribution in [0, 0.1) is 12.7 Å². The van der Waals surface area contributed by atoms with Gasteiger partial charge in [0.25, 0.3) is 0 Å². The highest BCUT2D eigenvalue weighted by Gasteiger charge is 2.29. The third-order valence-corrected chi connectivity index (χ3v) is 7.30. The maximum atomic E-state index is 13.8. The minimum atomic E-state index is -0.586. The topological polar surface area (TPSA) is 91.5 Å². The largest absolute Gasteiger partial charge is 0.390 e. The van der Waals surface area contributed by atoms with Crippen molar-refractivity contribution in [1.82, 2.24) is 24.6 Å². The quantitative estimate of drug-likeness (QED) is 0.449. The smallest absolute Gasteiger partial charge is 0.160 e. The van der Waals surface area contributed by atoms with Gasteiger partial charge >= 0.3 is 0 Å². The van der Waals surface area contributed by atoms with Gasteiger partial charge in [-0.3, -0.25) is 0 Å². The molecule has 0 bridgehead atoms. The second kappa shape index (κ2) is 8.41. The lowest BCUT2D eigenvalue weighted by atomic mass is 9.84. The van der Waals surface area contributed by atoms with Gasteiger partial charge in [-0.15, -0.1) is 0 Å². The fourth-order valence-electron chi connectivity index (χ4n) is 5.24. The highest BCUT2D eigenvalue weighted by Crippen LogP contribution is 2.32. The number of nitrogens with zero attached hydrogens (tertiary/aromatic N) is 6. The molecule has 1 saturated carbocycles. The van der Waals surface area contributed by atoms with Crippen molar-refractivity contribution in [2.45, 2.75) is 64.0 Å². The standard InChI is InChI=1S/C26H30FN7O/c1-16-25(30-20-13-17(27)5-6-19(20)28-16)21-14-23-31-22(33-11-3-4-12-33)15-24(34(23)32-21)29-18-7-9-26(2,35)10-8-18/h5-6,13-15,18,29,35H,3-4,7-12H2,1-2H3/t18-,26-. The Balaban J connectivity index is 1.42. The number of aryl methyl sites for hydroxylation is 1. The van der Waals surface area contributed by atoms with Gasteiger partial charge < -0.3 is 15.3 Å². The first-order valence-electron chi connectivity index (χ1n) is 12.4. The van der Waals surface area contributed by atoms with E-state index >= 15 is 0 Å². The van der Waals surface area contributed by atoms with Gasteiger partial charge in [-0.1, -0.05) is 0 Å². The Kier molecular flexibility index (Phi) is 5.32.